The fraction of sp³-hybridized carbons (Fsp3) is 0. The maximum absolute atomic E-state index is 6.75. The molecule has 13 rings (SSSR count). The number of benzene rings is 9. The van der Waals surface area contributed by atoms with Crippen molar-refractivity contribution in [2.45, 2.75) is 0 Å². The van der Waals surface area contributed by atoms with E-state index >= 15 is 0 Å². The van der Waals surface area contributed by atoms with Crippen LogP contribution in [0.1, 0.15) is 0 Å². The third-order valence-electron chi connectivity index (χ3n) is 11.9. The maximum atomic E-state index is 6.75. The van der Waals surface area contributed by atoms with Crippen LogP contribution in [0.2, 0.25) is 0 Å². The molecule has 290 valence electrons. The van der Waals surface area contributed by atoms with Crippen LogP contribution in [0, 0.1) is 0 Å². The Morgan fingerprint density at radius 1 is 0.339 bits per heavy atom. The van der Waals surface area contributed by atoms with Gasteiger partial charge in [0, 0.05) is 60.8 Å². The quantitative estimate of drug-likeness (QED) is 0.166. The van der Waals surface area contributed by atoms with Crippen molar-refractivity contribution in [3.05, 3.63) is 194 Å². The average Bonchev–Trinajstić information content (AvgIpc) is 4.03. The molecule has 9 aromatic carbocycles. The summed E-state index contributed by atoms with van der Waals surface area (Å²) in [6, 6.07) is 66.1. The molecule has 0 N–H and O–H groups in total. The Morgan fingerprint density at radius 2 is 0.919 bits per heavy atom. The number of nitrogens with zero attached hydrogens (tertiary/aromatic N) is 4. The summed E-state index contributed by atoms with van der Waals surface area (Å²) < 4.78 is 19.8. The van der Waals surface area contributed by atoms with Gasteiger partial charge in [-0.3, -0.25) is 0 Å². The van der Waals surface area contributed by atoms with Gasteiger partial charge in [-0.25, -0.2) is 15.0 Å². The monoisotopic (exact) mass is 796 g/mol. The second-order valence-corrected chi connectivity index (χ2v) is 15.5. The van der Waals surface area contributed by atoms with Crippen LogP contribution in [0.4, 0.5) is 17.1 Å². The van der Waals surface area contributed by atoms with Crippen molar-refractivity contribution >= 4 is 93.7 Å². The first-order valence-corrected chi connectivity index (χ1v) is 20.6. The van der Waals surface area contributed by atoms with Gasteiger partial charge in [0.25, 0.3) is 0 Å². The minimum absolute atomic E-state index is 0.510. The second-order valence-electron chi connectivity index (χ2n) is 15.5. The molecule has 0 atom stereocenters. The Kier molecular flexibility index (Phi) is 7.47. The van der Waals surface area contributed by atoms with E-state index in [9.17, 15) is 0 Å². The molecule has 0 saturated carbocycles. The van der Waals surface area contributed by atoms with Gasteiger partial charge < -0.3 is 18.2 Å². The van der Waals surface area contributed by atoms with E-state index in [4.69, 9.17) is 28.2 Å². The minimum Gasteiger partial charge on any atom is -0.456 e. The van der Waals surface area contributed by atoms with Gasteiger partial charge in [0.15, 0.2) is 23.1 Å². The van der Waals surface area contributed by atoms with Gasteiger partial charge in [0.1, 0.15) is 27.9 Å². The Balaban J connectivity index is 1.12. The number of furan rings is 3. The normalized spacial score (nSPS) is 11.9. The highest BCUT2D eigenvalue weighted by molar-refractivity contribution is 6.15. The van der Waals surface area contributed by atoms with E-state index < -0.39 is 0 Å². The fourth-order valence-corrected chi connectivity index (χ4v) is 9.09. The smallest absolute Gasteiger partial charge is 0.164 e. The molecule has 4 aromatic heterocycles. The van der Waals surface area contributed by atoms with E-state index in [-0.39, 0.29) is 0 Å². The number of rotatable bonds is 6. The molecule has 0 saturated heterocycles. The topological polar surface area (TPSA) is 81.3 Å². The zero-order valence-corrected chi connectivity index (χ0v) is 33.0. The van der Waals surface area contributed by atoms with Crippen molar-refractivity contribution in [3.63, 3.8) is 0 Å². The molecule has 7 nitrogen and oxygen atoms in total. The molecular weight excluding hydrogens is 765 g/mol. The first kappa shape index (κ1) is 34.3. The van der Waals surface area contributed by atoms with Crippen molar-refractivity contribution in [2.24, 2.45) is 0 Å². The molecule has 0 aliphatic carbocycles. The summed E-state index contributed by atoms with van der Waals surface area (Å²) in [6.45, 7) is 0. The van der Waals surface area contributed by atoms with E-state index in [2.05, 4.69) is 126 Å². The van der Waals surface area contributed by atoms with Crippen LogP contribution in [-0.2, 0) is 0 Å². The van der Waals surface area contributed by atoms with Gasteiger partial charge in [-0.15, -0.1) is 0 Å². The second kappa shape index (κ2) is 13.5. The Hall–Kier alpha value is -8.55. The van der Waals surface area contributed by atoms with Gasteiger partial charge in [-0.2, -0.15) is 0 Å². The number of hydrogen-bond donors (Lipinski definition) is 0. The van der Waals surface area contributed by atoms with Gasteiger partial charge in [0.05, 0.1) is 11.4 Å². The number of para-hydroxylation sites is 5. The molecule has 13 aromatic rings. The number of fused-ring (bicyclic) bond motifs is 10. The van der Waals surface area contributed by atoms with Crippen LogP contribution in [0.3, 0.4) is 0 Å². The van der Waals surface area contributed by atoms with Crippen LogP contribution in [0.25, 0.3) is 111 Å². The molecule has 0 spiro atoms. The molecule has 0 radical (unpaired) electrons. The lowest BCUT2D eigenvalue weighted by atomic mass is 10.0. The highest BCUT2D eigenvalue weighted by Crippen LogP contribution is 2.46. The summed E-state index contributed by atoms with van der Waals surface area (Å²) in [5, 5.41) is 8.15. The van der Waals surface area contributed by atoms with Gasteiger partial charge in [-0.05, 0) is 65.4 Å². The van der Waals surface area contributed by atoms with Gasteiger partial charge in [0.2, 0.25) is 0 Å². The summed E-state index contributed by atoms with van der Waals surface area (Å²) in [7, 11) is 0. The van der Waals surface area contributed by atoms with Crippen LogP contribution in [0.5, 0.6) is 0 Å². The van der Waals surface area contributed by atoms with Crippen LogP contribution in [-0.4, -0.2) is 15.0 Å². The van der Waals surface area contributed by atoms with E-state index in [0.29, 0.717) is 23.1 Å². The zero-order chi connectivity index (χ0) is 40.7. The first-order chi connectivity index (χ1) is 30.7. The van der Waals surface area contributed by atoms with Crippen LogP contribution >= 0.6 is 0 Å². The highest BCUT2D eigenvalue weighted by atomic mass is 16.3. The highest BCUT2D eigenvalue weighted by Gasteiger charge is 2.25. The molecule has 0 unspecified atom stereocenters. The third-order valence-corrected chi connectivity index (χ3v) is 11.9. The standard InChI is InChI=1S/C55H32N4O3/c1-2-16-36(17-3-1)59(44-23-12-21-39-38-18-6-9-24-45(38)62-52(39)44)37-31-43(51-41-20-8-11-26-47(41)61-49(51)32-37)55-57-53(35-29-28-33-14-4-5-15-34(33)30-35)56-54(58-55)42-22-13-27-48-50(42)40-19-7-10-25-46(40)60-48/h1-32H. The van der Waals surface area contributed by atoms with E-state index in [1.54, 1.807) is 0 Å². The fourth-order valence-electron chi connectivity index (χ4n) is 9.09. The molecule has 4 heterocycles. The van der Waals surface area contributed by atoms with Crippen molar-refractivity contribution in [3.8, 4) is 34.2 Å². The van der Waals surface area contributed by atoms with Gasteiger partial charge in [-0.1, -0.05) is 133 Å². The summed E-state index contributed by atoms with van der Waals surface area (Å²) in [5.74, 6) is 1.60. The predicted molar refractivity (Wildman–Crippen MR) is 250 cm³/mol. The van der Waals surface area contributed by atoms with Crippen molar-refractivity contribution in [1.29, 1.82) is 0 Å². The summed E-state index contributed by atoms with van der Waals surface area (Å²) in [6.07, 6.45) is 0. The Morgan fingerprint density at radius 3 is 1.71 bits per heavy atom. The zero-order valence-electron chi connectivity index (χ0n) is 33.0. The van der Waals surface area contributed by atoms with Crippen molar-refractivity contribution in [2.75, 3.05) is 4.90 Å². The number of hydrogen-bond acceptors (Lipinski definition) is 7. The molecule has 62 heavy (non-hydrogen) atoms. The third kappa shape index (κ3) is 5.35. The molecule has 7 heteroatoms. The number of anilines is 3. The average molecular weight is 797 g/mol. The summed E-state index contributed by atoms with van der Waals surface area (Å²) >= 11 is 0. The summed E-state index contributed by atoms with van der Waals surface area (Å²) in [5.41, 5.74) is 9.87. The predicted octanol–water partition coefficient (Wildman–Crippen LogP) is 15.2. The lowest BCUT2D eigenvalue weighted by Gasteiger charge is -2.26. The van der Waals surface area contributed by atoms with Crippen molar-refractivity contribution < 1.29 is 13.3 Å². The molecular formula is C55H32N4O3. The number of aromatic nitrogens is 3. The molecule has 0 fully saturated rings. The molecule has 0 amide bonds. The van der Waals surface area contributed by atoms with E-state index in [0.717, 1.165) is 105 Å². The van der Waals surface area contributed by atoms with Crippen LogP contribution in [0.15, 0.2) is 207 Å². The lowest BCUT2D eigenvalue weighted by Crippen LogP contribution is -2.10. The van der Waals surface area contributed by atoms with Crippen LogP contribution < -0.4 is 4.90 Å². The SMILES string of the molecule is c1ccc(N(c2cc(-c3nc(-c4ccc5ccccc5c4)nc(-c4cccc5oc6ccccc6c45)n3)c3c(c2)oc2ccccc23)c2cccc3c2oc2ccccc23)cc1. The largest absolute Gasteiger partial charge is 0.456 e. The molecule has 0 aliphatic rings. The maximum Gasteiger partial charge on any atom is 0.164 e. The first-order valence-electron chi connectivity index (χ1n) is 20.6. The van der Waals surface area contributed by atoms with Gasteiger partial charge >= 0.3 is 0 Å². The van der Waals surface area contributed by atoms with E-state index in [1.807, 2.05) is 72.8 Å². The molecule has 0 bridgehead atoms. The lowest BCUT2D eigenvalue weighted by molar-refractivity contribution is 0.667. The molecule has 0 aliphatic heterocycles. The Labute approximate surface area is 353 Å². The van der Waals surface area contributed by atoms with E-state index in [1.165, 1.54) is 0 Å². The minimum atomic E-state index is 0.510. The van der Waals surface area contributed by atoms with Crippen molar-refractivity contribution in [1.82, 2.24) is 15.0 Å². The Bertz CT molecular complexity index is 3900. The summed E-state index contributed by atoms with van der Waals surface area (Å²) in [4.78, 5) is 18.3.